The van der Waals surface area contributed by atoms with Crippen molar-refractivity contribution in [1.82, 2.24) is 10.6 Å². The van der Waals surface area contributed by atoms with Crippen LogP contribution in [0.3, 0.4) is 0 Å². The average molecular weight is 374 g/mol. The van der Waals surface area contributed by atoms with Gasteiger partial charge in [-0.3, -0.25) is 9.59 Å². The largest absolute Gasteiger partial charge is 0.350 e. The highest BCUT2D eigenvalue weighted by Crippen LogP contribution is 2.14. The van der Waals surface area contributed by atoms with Crippen LogP contribution in [0.2, 0.25) is 5.02 Å². The van der Waals surface area contributed by atoms with Gasteiger partial charge in [-0.05, 0) is 43.2 Å². The lowest BCUT2D eigenvalue weighted by Gasteiger charge is -2.12. The summed E-state index contributed by atoms with van der Waals surface area (Å²) >= 11 is 6.08. The zero-order valence-electron chi connectivity index (χ0n) is 15.0. The Hall–Kier alpha value is -2.37. The van der Waals surface area contributed by atoms with E-state index in [4.69, 9.17) is 11.6 Å². The summed E-state index contributed by atoms with van der Waals surface area (Å²) in [6.45, 7) is 4.62. The molecule has 0 aromatic heterocycles. The molecule has 26 heavy (non-hydrogen) atoms. The second-order valence-electron chi connectivity index (χ2n) is 6.11. The van der Waals surface area contributed by atoms with Gasteiger partial charge in [0.1, 0.15) is 0 Å². The second-order valence-corrected chi connectivity index (χ2v) is 6.51. The van der Waals surface area contributed by atoms with Crippen LogP contribution >= 0.6 is 11.6 Å². The highest BCUT2D eigenvalue weighted by molar-refractivity contribution is 6.31. The van der Waals surface area contributed by atoms with Crippen molar-refractivity contribution in [3.8, 4) is 0 Å². The van der Waals surface area contributed by atoms with E-state index in [0.717, 1.165) is 12.0 Å². The smallest absolute Gasteiger partial charge is 0.251 e. The monoisotopic (exact) mass is 373 g/mol. The molecule has 0 aliphatic carbocycles. The SMILES string of the molecule is CCC(C)NC(=O)c1cccc(NC(=O)CNCc2ccccc2Cl)c1. The standard InChI is InChI=1S/C20H24ClN3O2/c1-3-14(2)23-20(26)15-8-6-9-17(11-15)24-19(25)13-22-12-16-7-4-5-10-18(16)21/h4-11,14,22H,3,12-13H2,1-2H3,(H,23,26)(H,24,25). The molecule has 0 bridgehead atoms. The lowest BCUT2D eigenvalue weighted by atomic mass is 10.1. The maximum Gasteiger partial charge on any atom is 0.251 e. The number of nitrogens with one attached hydrogen (secondary N) is 3. The van der Waals surface area contributed by atoms with Crippen molar-refractivity contribution >= 4 is 29.1 Å². The van der Waals surface area contributed by atoms with Gasteiger partial charge in [-0.25, -0.2) is 0 Å². The van der Waals surface area contributed by atoms with Crippen LogP contribution in [0.1, 0.15) is 36.2 Å². The van der Waals surface area contributed by atoms with Gasteiger partial charge < -0.3 is 16.0 Å². The first kappa shape index (κ1) is 19.9. The Morgan fingerprint density at radius 2 is 1.88 bits per heavy atom. The number of hydrogen-bond donors (Lipinski definition) is 3. The zero-order valence-corrected chi connectivity index (χ0v) is 15.8. The summed E-state index contributed by atoms with van der Waals surface area (Å²) in [5.41, 5.74) is 2.05. The molecule has 0 aliphatic rings. The molecule has 1 atom stereocenters. The van der Waals surface area contributed by atoms with Gasteiger partial charge in [0.05, 0.1) is 6.54 Å². The fourth-order valence-corrected chi connectivity index (χ4v) is 2.51. The summed E-state index contributed by atoms with van der Waals surface area (Å²) < 4.78 is 0. The first-order valence-corrected chi connectivity index (χ1v) is 9.02. The van der Waals surface area contributed by atoms with E-state index in [1.165, 1.54) is 0 Å². The average Bonchev–Trinajstić information content (AvgIpc) is 2.63. The van der Waals surface area contributed by atoms with E-state index in [0.29, 0.717) is 22.8 Å². The van der Waals surface area contributed by atoms with E-state index in [1.807, 2.05) is 38.1 Å². The van der Waals surface area contributed by atoms with Crippen molar-refractivity contribution in [3.05, 3.63) is 64.7 Å². The fourth-order valence-electron chi connectivity index (χ4n) is 2.31. The van der Waals surface area contributed by atoms with Crippen molar-refractivity contribution < 1.29 is 9.59 Å². The number of carbonyl (C=O) groups is 2. The summed E-state index contributed by atoms with van der Waals surface area (Å²) in [5.74, 6) is -0.330. The zero-order chi connectivity index (χ0) is 18.9. The van der Waals surface area contributed by atoms with E-state index >= 15 is 0 Å². The van der Waals surface area contributed by atoms with Gasteiger partial charge >= 0.3 is 0 Å². The van der Waals surface area contributed by atoms with Crippen molar-refractivity contribution in [2.24, 2.45) is 0 Å². The van der Waals surface area contributed by atoms with Gasteiger partial charge in [-0.15, -0.1) is 0 Å². The van der Waals surface area contributed by atoms with E-state index < -0.39 is 0 Å². The highest BCUT2D eigenvalue weighted by atomic mass is 35.5. The van der Waals surface area contributed by atoms with E-state index in [9.17, 15) is 9.59 Å². The van der Waals surface area contributed by atoms with E-state index in [2.05, 4.69) is 16.0 Å². The lowest BCUT2D eigenvalue weighted by molar-refractivity contribution is -0.115. The third-order valence-electron chi connectivity index (χ3n) is 3.96. The molecule has 3 N–H and O–H groups in total. The maximum absolute atomic E-state index is 12.2. The second kappa shape index (κ2) is 9.94. The molecule has 138 valence electrons. The van der Waals surface area contributed by atoms with Crippen molar-refractivity contribution in [1.29, 1.82) is 0 Å². The maximum atomic E-state index is 12.2. The molecule has 5 nitrogen and oxygen atoms in total. The van der Waals surface area contributed by atoms with Crippen molar-refractivity contribution in [3.63, 3.8) is 0 Å². The topological polar surface area (TPSA) is 70.2 Å². The van der Waals surface area contributed by atoms with Crippen LogP contribution in [0, 0.1) is 0 Å². The molecule has 0 fully saturated rings. The molecular formula is C20H24ClN3O2. The summed E-state index contributed by atoms with van der Waals surface area (Å²) in [6.07, 6.45) is 0.860. The van der Waals surface area contributed by atoms with Crippen molar-refractivity contribution in [2.75, 3.05) is 11.9 Å². The Morgan fingerprint density at radius 3 is 2.62 bits per heavy atom. The summed E-state index contributed by atoms with van der Waals surface area (Å²) in [4.78, 5) is 24.2. The van der Waals surface area contributed by atoms with Crippen LogP contribution in [0.15, 0.2) is 48.5 Å². The predicted molar refractivity (Wildman–Crippen MR) is 105 cm³/mol. The Bertz CT molecular complexity index is 764. The molecule has 2 aromatic rings. The molecule has 2 aromatic carbocycles. The fraction of sp³-hybridized carbons (Fsp3) is 0.300. The Kier molecular flexibility index (Phi) is 7.63. The number of hydrogen-bond acceptors (Lipinski definition) is 3. The predicted octanol–water partition coefficient (Wildman–Crippen LogP) is 3.60. The van der Waals surface area contributed by atoms with E-state index in [1.54, 1.807) is 24.3 Å². The molecule has 0 saturated heterocycles. The summed E-state index contributed by atoms with van der Waals surface area (Å²) in [7, 11) is 0. The quantitative estimate of drug-likeness (QED) is 0.662. The van der Waals surface area contributed by atoms with Crippen LogP contribution in [-0.2, 0) is 11.3 Å². The normalized spacial score (nSPS) is 11.7. The molecular weight excluding hydrogens is 350 g/mol. The van der Waals surface area contributed by atoms with Crippen LogP contribution < -0.4 is 16.0 Å². The summed E-state index contributed by atoms with van der Waals surface area (Å²) in [6, 6.07) is 14.5. The number of carbonyl (C=O) groups excluding carboxylic acids is 2. The molecule has 2 amide bonds. The molecule has 2 rings (SSSR count). The van der Waals surface area contributed by atoms with Gasteiger partial charge in [0.2, 0.25) is 5.91 Å². The number of halogens is 1. The van der Waals surface area contributed by atoms with Gasteiger partial charge in [0, 0.05) is 28.9 Å². The molecule has 6 heteroatoms. The van der Waals surface area contributed by atoms with Gasteiger partial charge in [-0.2, -0.15) is 0 Å². The first-order valence-electron chi connectivity index (χ1n) is 8.64. The first-order chi connectivity index (χ1) is 12.5. The van der Waals surface area contributed by atoms with Gasteiger partial charge in [-0.1, -0.05) is 42.8 Å². The Morgan fingerprint density at radius 1 is 1.12 bits per heavy atom. The van der Waals surface area contributed by atoms with Crippen LogP contribution in [-0.4, -0.2) is 24.4 Å². The molecule has 1 unspecified atom stereocenters. The number of benzene rings is 2. The molecule has 0 heterocycles. The van der Waals surface area contributed by atoms with Crippen LogP contribution in [0.5, 0.6) is 0 Å². The number of amides is 2. The highest BCUT2D eigenvalue weighted by Gasteiger charge is 2.10. The van der Waals surface area contributed by atoms with Crippen molar-refractivity contribution in [2.45, 2.75) is 32.9 Å². The molecule has 0 spiro atoms. The Balaban J connectivity index is 1.86. The number of anilines is 1. The van der Waals surface area contributed by atoms with Crippen LogP contribution in [0.4, 0.5) is 5.69 Å². The lowest BCUT2D eigenvalue weighted by Crippen LogP contribution is -2.32. The molecule has 0 radical (unpaired) electrons. The van der Waals surface area contributed by atoms with Crippen LogP contribution in [0.25, 0.3) is 0 Å². The molecule has 0 aliphatic heterocycles. The molecule has 0 saturated carbocycles. The third-order valence-corrected chi connectivity index (χ3v) is 4.33. The third kappa shape index (κ3) is 6.17. The summed E-state index contributed by atoms with van der Waals surface area (Å²) in [5, 5.41) is 9.42. The minimum absolute atomic E-state index is 0.106. The Labute approximate surface area is 159 Å². The van der Waals surface area contributed by atoms with Gasteiger partial charge in [0.15, 0.2) is 0 Å². The van der Waals surface area contributed by atoms with Gasteiger partial charge in [0.25, 0.3) is 5.91 Å². The minimum Gasteiger partial charge on any atom is -0.350 e. The number of rotatable bonds is 8. The minimum atomic E-state index is -0.184. The van der Waals surface area contributed by atoms with E-state index in [-0.39, 0.29) is 24.4 Å².